The third kappa shape index (κ3) is 6.40. The molecule has 2 heterocycles. The molecule has 3 aromatic carbocycles. The van der Waals surface area contributed by atoms with Crippen LogP contribution in [0, 0.1) is 13.8 Å². The van der Waals surface area contributed by atoms with Gasteiger partial charge in [0, 0.05) is 23.3 Å². The fourth-order valence-electron chi connectivity index (χ4n) is 4.75. The molecule has 1 aliphatic heterocycles. The number of para-hydroxylation sites is 2. The van der Waals surface area contributed by atoms with E-state index in [1.807, 2.05) is 0 Å². The molecule has 0 fully saturated rings. The van der Waals surface area contributed by atoms with Crippen LogP contribution in [0.5, 0.6) is 0 Å². The van der Waals surface area contributed by atoms with Crippen LogP contribution in [0.1, 0.15) is 33.7 Å². The molecule has 5 rings (SSSR count). The maximum absolute atomic E-state index is 14.1. The maximum atomic E-state index is 14.1. The third-order valence-electron chi connectivity index (χ3n) is 6.97. The molecule has 0 radical (unpaired) electrons. The molecular formula is C30H28ClN5O6S. The molecule has 1 unspecified atom stereocenters. The molecular weight excluding hydrogens is 594 g/mol. The molecule has 0 spiro atoms. The van der Waals surface area contributed by atoms with Crippen molar-refractivity contribution < 1.29 is 27.3 Å². The molecule has 1 aliphatic rings. The predicted molar refractivity (Wildman–Crippen MR) is 162 cm³/mol. The number of aryl methyl sites for hydroxylation is 2. The molecule has 4 aromatic rings. The molecule has 0 saturated carbocycles. The summed E-state index contributed by atoms with van der Waals surface area (Å²) >= 11 is 6.22. The van der Waals surface area contributed by atoms with Crippen molar-refractivity contribution >= 4 is 56.4 Å². The minimum absolute atomic E-state index is 0.00442. The molecule has 0 bridgehead atoms. The highest BCUT2D eigenvalue weighted by atomic mass is 35.5. The first-order valence-electron chi connectivity index (χ1n) is 13.3. The lowest BCUT2D eigenvalue weighted by molar-refractivity contribution is -0.125. The molecule has 1 aromatic heterocycles. The van der Waals surface area contributed by atoms with Crippen molar-refractivity contribution in [1.82, 2.24) is 10.5 Å². The number of aromatic nitrogens is 1. The smallest absolute Gasteiger partial charge is 0.294 e. The van der Waals surface area contributed by atoms with E-state index in [1.165, 1.54) is 18.3 Å². The number of nitrogens with one attached hydrogen (secondary N) is 3. The van der Waals surface area contributed by atoms with Crippen LogP contribution < -0.4 is 20.3 Å². The number of benzene rings is 3. The van der Waals surface area contributed by atoms with Crippen molar-refractivity contribution in [1.29, 1.82) is 0 Å². The van der Waals surface area contributed by atoms with E-state index in [2.05, 4.69) is 21.1 Å². The topological polar surface area (TPSA) is 151 Å². The SMILES string of the molecule is Cc1cc(S(=O)(=O)N2c3ccccc3NC(=O)C2CC(=O)NCCc2ccc(NC(=O)c3ccno3)cc2)c(C)cc1Cl. The minimum atomic E-state index is -4.27. The van der Waals surface area contributed by atoms with E-state index in [9.17, 15) is 22.8 Å². The molecule has 43 heavy (non-hydrogen) atoms. The number of amides is 3. The molecule has 1 atom stereocenters. The summed E-state index contributed by atoms with van der Waals surface area (Å²) in [6.45, 7) is 3.58. The van der Waals surface area contributed by atoms with Crippen molar-refractivity contribution in [3.05, 3.63) is 100 Å². The van der Waals surface area contributed by atoms with Crippen LogP contribution in [0.25, 0.3) is 0 Å². The zero-order valence-electron chi connectivity index (χ0n) is 23.3. The lowest BCUT2D eigenvalue weighted by Gasteiger charge is -2.37. The average molecular weight is 622 g/mol. The van der Waals surface area contributed by atoms with Gasteiger partial charge in [0.1, 0.15) is 6.04 Å². The molecule has 0 aliphatic carbocycles. The van der Waals surface area contributed by atoms with Gasteiger partial charge in [-0.05, 0) is 73.4 Å². The number of rotatable bonds is 9. The molecule has 222 valence electrons. The number of carbonyl (C=O) groups excluding carboxylic acids is 3. The summed E-state index contributed by atoms with van der Waals surface area (Å²) in [5.41, 5.74) is 3.04. The van der Waals surface area contributed by atoms with E-state index in [4.69, 9.17) is 16.1 Å². The summed E-state index contributed by atoms with van der Waals surface area (Å²) in [6, 6.07) is 16.8. The summed E-state index contributed by atoms with van der Waals surface area (Å²) in [7, 11) is -4.27. The number of nitrogens with zero attached hydrogens (tertiary/aromatic N) is 2. The number of fused-ring (bicyclic) bond motifs is 1. The van der Waals surface area contributed by atoms with E-state index in [-0.39, 0.29) is 22.9 Å². The first-order chi connectivity index (χ1) is 20.5. The lowest BCUT2D eigenvalue weighted by Crippen LogP contribution is -2.53. The van der Waals surface area contributed by atoms with Crippen LogP contribution in [0.15, 0.2) is 82.3 Å². The van der Waals surface area contributed by atoms with E-state index >= 15 is 0 Å². The number of halogens is 1. The zero-order chi connectivity index (χ0) is 30.7. The van der Waals surface area contributed by atoms with Crippen LogP contribution in [0.3, 0.4) is 0 Å². The highest BCUT2D eigenvalue weighted by molar-refractivity contribution is 7.93. The summed E-state index contributed by atoms with van der Waals surface area (Å²) in [6.07, 6.45) is 1.45. The van der Waals surface area contributed by atoms with Crippen LogP contribution in [-0.2, 0) is 26.0 Å². The normalized spacial score (nSPS) is 14.5. The highest BCUT2D eigenvalue weighted by Gasteiger charge is 2.42. The fraction of sp³-hybridized carbons (Fsp3) is 0.200. The Morgan fingerprint density at radius 3 is 2.51 bits per heavy atom. The Kier molecular flexibility index (Phi) is 8.51. The maximum Gasteiger partial charge on any atom is 0.294 e. The van der Waals surface area contributed by atoms with Gasteiger partial charge < -0.3 is 20.5 Å². The van der Waals surface area contributed by atoms with Crippen LogP contribution in [0.2, 0.25) is 5.02 Å². The van der Waals surface area contributed by atoms with Gasteiger partial charge in [-0.25, -0.2) is 8.42 Å². The van der Waals surface area contributed by atoms with Crippen LogP contribution >= 0.6 is 11.6 Å². The van der Waals surface area contributed by atoms with Crippen molar-refractivity contribution in [3.8, 4) is 0 Å². The van der Waals surface area contributed by atoms with Crippen LogP contribution in [-0.4, -0.2) is 43.9 Å². The van der Waals surface area contributed by atoms with E-state index in [0.717, 1.165) is 9.87 Å². The molecule has 3 amide bonds. The van der Waals surface area contributed by atoms with Gasteiger partial charge in [0.25, 0.3) is 15.9 Å². The van der Waals surface area contributed by atoms with Gasteiger partial charge in [0.15, 0.2) is 0 Å². The summed E-state index contributed by atoms with van der Waals surface area (Å²) < 4.78 is 34.0. The highest BCUT2D eigenvalue weighted by Crippen LogP contribution is 2.38. The standard InChI is InChI=1S/C30H28ClN5O6S/c1-18-16-27(19(2)15-22(18)31)43(40,41)36-24-6-4-3-5-23(24)35-29(38)25(36)17-28(37)32-13-11-20-7-9-21(10-8-20)34-30(39)26-12-14-33-42-26/h3-10,12,14-16,25H,11,13,17H2,1-2H3,(H,32,37)(H,34,39)(H,35,38). The predicted octanol–water partition coefficient (Wildman–Crippen LogP) is 4.46. The van der Waals surface area contributed by atoms with Crippen molar-refractivity contribution in [2.75, 3.05) is 21.5 Å². The van der Waals surface area contributed by atoms with Crippen molar-refractivity contribution in [3.63, 3.8) is 0 Å². The Morgan fingerprint density at radius 2 is 1.79 bits per heavy atom. The Morgan fingerprint density at radius 1 is 1.05 bits per heavy atom. The third-order valence-corrected chi connectivity index (χ3v) is 9.34. The number of sulfonamides is 1. The fourth-order valence-corrected chi connectivity index (χ4v) is 6.89. The number of carbonyl (C=O) groups is 3. The Bertz CT molecular complexity index is 1790. The molecule has 0 saturated heterocycles. The number of hydrogen-bond acceptors (Lipinski definition) is 7. The van der Waals surface area contributed by atoms with Gasteiger partial charge >= 0.3 is 0 Å². The lowest BCUT2D eigenvalue weighted by atomic mass is 10.1. The van der Waals surface area contributed by atoms with Gasteiger partial charge in [-0.3, -0.25) is 18.7 Å². The Hall–Kier alpha value is -4.68. The van der Waals surface area contributed by atoms with Gasteiger partial charge in [0.2, 0.25) is 17.6 Å². The van der Waals surface area contributed by atoms with E-state index in [1.54, 1.807) is 68.4 Å². The second-order valence-corrected chi connectivity index (χ2v) is 12.2. The van der Waals surface area contributed by atoms with Gasteiger partial charge in [0.05, 0.1) is 28.9 Å². The summed E-state index contributed by atoms with van der Waals surface area (Å²) in [5, 5.41) is 12.1. The zero-order valence-corrected chi connectivity index (χ0v) is 24.8. The largest absolute Gasteiger partial charge is 0.356 e. The van der Waals surface area contributed by atoms with Gasteiger partial charge in [-0.15, -0.1) is 0 Å². The molecule has 3 N–H and O–H groups in total. The Balaban J connectivity index is 1.28. The molecule has 11 nitrogen and oxygen atoms in total. The van der Waals surface area contributed by atoms with Gasteiger partial charge in [-0.1, -0.05) is 41.0 Å². The van der Waals surface area contributed by atoms with Gasteiger partial charge in [-0.2, -0.15) is 0 Å². The number of anilines is 3. The quantitative estimate of drug-likeness (QED) is 0.250. The summed E-state index contributed by atoms with van der Waals surface area (Å²) in [4.78, 5) is 38.3. The van der Waals surface area contributed by atoms with Crippen molar-refractivity contribution in [2.45, 2.75) is 37.6 Å². The monoisotopic (exact) mass is 621 g/mol. The second-order valence-electron chi connectivity index (χ2n) is 10.0. The van der Waals surface area contributed by atoms with E-state index < -0.39 is 40.2 Å². The average Bonchev–Trinajstić information content (AvgIpc) is 3.51. The van der Waals surface area contributed by atoms with Crippen LogP contribution in [0.4, 0.5) is 17.1 Å². The van der Waals surface area contributed by atoms with Crippen molar-refractivity contribution in [2.24, 2.45) is 0 Å². The Labute approximate surface area is 253 Å². The summed E-state index contributed by atoms with van der Waals surface area (Å²) in [5.74, 6) is -1.43. The number of hydrogen-bond donors (Lipinski definition) is 3. The minimum Gasteiger partial charge on any atom is -0.356 e. The first kappa shape index (κ1) is 29.8. The second kappa shape index (κ2) is 12.3. The molecule has 13 heteroatoms. The van der Waals surface area contributed by atoms with E-state index in [0.29, 0.717) is 33.9 Å². The first-order valence-corrected chi connectivity index (χ1v) is 15.1.